The zero-order valence-corrected chi connectivity index (χ0v) is 14.2. The monoisotopic (exact) mass is 319 g/mol. The fourth-order valence-electron chi connectivity index (χ4n) is 2.62. The summed E-state index contributed by atoms with van der Waals surface area (Å²) in [4.78, 5) is 11.7. The maximum Gasteiger partial charge on any atom is 0.308 e. The molecule has 2 unspecified atom stereocenters. The van der Waals surface area contributed by atoms with Crippen LogP contribution in [-0.4, -0.2) is 52.1 Å². The maximum atomic E-state index is 11.7. The van der Waals surface area contributed by atoms with Gasteiger partial charge < -0.3 is 15.2 Å². The van der Waals surface area contributed by atoms with Gasteiger partial charge in [-0.3, -0.25) is 9.00 Å². The highest BCUT2D eigenvalue weighted by Crippen LogP contribution is 2.32. The van der Waals surface area contributed by atoms with Gasteiger partial charge in [0.25, 0.3) is 0 Å². The van der Waals surface area contributed by atoms with Gasteiger partial charge in [0, 0.05) is 28.9 Å². The molecule has 1 fully saturated rings. The van der Waals surface area contributed by atoms with Crippen LogP contribution in [0.4, 0.5) is 0 Å². The van der Waals surface area contributed by atoms with Gasteiger partial charge in [-0.05, 0) is 45.6 Å². The number of hydrogen-bond donors (Lipinski definition) is 2. The minimum Gasteiger partial charge on any atom is -0.466 e. The molecule has 2 atom stereocenters. The highest BCUT2D eigenvalue weighted by atomic mass is 32.2. The van der Waals surface area contributed by atoms with E-state index in [-0.39, 0.29) is 17.1 Å². The Morgan fingerprint density at radius 3 is 2.62 bits per heavy atom. The molecule has 1 aliphatic rings. The van der Waals surface area contributed by atoms with Crippen molar-refractivity contribution in [3.63, 3.8) is 0 Å². The Kier molecular flexibility index (Phi) is 7.84. The predicted octanol–water partition coefficient (Wildman–Crippen LogP) is 1.22. The zero-order valence-electron chi connectivity index (χ0n) is 13.4. The molecular formula is C15H29NO4S. The van der Waals surface area contributed by atoms with Crippen molar-refractivity contribution >= 4 is 16.8 Å². The molecular weight excluding hydrogens is 290 g/mol. The second kappa shape index (κ2) is 8.86. The third kappa shape index (κ3) is 6.45. The molecule has 6 heteroatoms. The molecule has 0 bridgehead atoms. The highest BCUT2D eigenvalue weighted by molar-refractivity contribution is 7.84. The van der Waals surface area contributed by atoms with Crippen LogP contribution in [0, 0.1) is 5.92 Å². The highest BCUT2D eigenvalue weighted by Gasteiger charge is 2.35. The number of hydrogen-bond acceptors (Lipinski definition) is 5. The molecule has 0 amide bonds. The van der Waals surface area contributed by atoms with Crippen molar-refractivity contribution < 1.29 is 18.8 Å². The van der Waals surface area contributed by atoms with Crippen molar-refractivity contribution in [3.05, 3.63) is 0 Å². The molecule has 0 aromatic carbocycles. The summed E-state index contributed by atoms with van der Waals surface area (Å²) in [6, 6.07) is 0. The standard InChI is InChI=1S/C15H29NO4S/c1-4-20-14(17)13-5-8-15(18,9-6-13)11-16-10-7-12(2)21(3)19/h12-13,16,18H,4-11H2,1-3H3. The lowest BCUT2D eigenvalue weighted by molar-refractivity contribution is -0.151. The van der Waals surface area contributed by atoms with E-state index in [1.54, 1.807) is 6.26 Å². The van der Waals surface area contributed by atoms with Crippen molar-refractivity contribution in [2.24, 2.45) is 5.92 Å². The molecule has 21 heavy (non-hydrogen) atoms. The summed E-state index contributed by atoms with van der Waals surface area (Å²) < 4.78 is 16.3. The molecule has 0 aromatic rings. The number of esters is 1. The van der Waals surface area contributed by atoms with Crippen LogP contribution in [0.1, 0.15) is 46.0 Å². The second-order valence-electron chi connectivity index (χ2n) is 6.03. The lowest BCUT2D eigenvalue weighted by atomic mass is 9.79. The Morgan fingerprint density at radius 1 is 1.48 bits per heavy atom. The van der Waals surface area contributed by atoms with Crippen molar-refractivity contribution in [1.29, 1.82) is 0 Å². The second-order valence-corrected chi connectivity index (χ2v) is 7.83. The van der Waals surface area contributed by atoms with Gasteiger partial charge >= 0.3 is 5.97 Å². The van der Waals surface area contributed by atoms with E-state index < -0.39 is 16.4 Å². The third-order valence-corrected chi connectivity index (χ3v) is 5.65. The van der Waals surface area contributed by atoms with Crippen molar-refractivity contribution in [1.82, 2.24) is 5.32 Å². The third-order valence-electron chi connectivity index (χ3n) is 4.28. The van der Waals surface area contributed by atoms with Gasteiger partial charge in [-0.2, -0.15) is 0 Å². The van der Waals surface area contributed by atoms with E-state index in [2.05, 4.69) is 5.32 Å². The van der Waals surface area contributed by atoms with Crippen LogP contribution in [-0.2, 0) is 20.3 Å². The molecule has 1 saturated carbocycles. The topological polar surface area (TPSA) is 75.6 Å². The fourth-order valence-corrected chi connectivity index (χ4v) is 3.07. The molecule has 0 saturated heterocycles. The average molecular weight is 319 g/mol. The van der Waals surface area contributed by atoms with E-state index in [0.29, 0.717) is 38.8 Å². The number of ether oxygens (including phenoxy) is 1. The van der Waals surface area contributed by atoms with Gasteiger partial charge in [-0.15, -0.1) is 0 Å². The SMILES string of the molecule is CCOC(=O)C1CCC(O)(CNCCC(C)S(C)=O)CC1. The van der Waals surface area contributed by atoms with E-state index >= 15 is 0 Å². The summed E-state index contributed by atoms with van der Waals surface area (Å²) in [6.07, 6.45) is 5.18. The van der Waals surface area contributed by atoms with Crippen LogP contribution in [0.2, 0.25) is 0 Å². The number of aliphatic hydroxyl groups is 1. The number of nitrogens with one attached hydrogen (secondary N) is 1. The first-order valence-corrected chi connectivity index (χ1v) is 9.42. The Morgan fingerprint density at radius 2 is 2.10 bits per heavy atom. The minimum absolute atomic E-state index is 0.0623. The average Bonchev–Trinajstić information content (AvgIpc) is 2.44. The van der Waals surface area contributed by atoms with Gasteiger partial charge in [0.1, 0.15) is 0 Å². The molecule has 1 rings (SSSR count). The minimum atomic E-state index is -0.795. The van der Waals surface area contributed by atoms with Crippen molar-refractivity contribution in [2.45, 2.75) is 56.8 Å². The summed E-state index contributed by atoms with van der Waals surface area (Å²) >= 11 is 0. The van der Waals surface area contributed by atoms with E-state index in [9.17, 15) is 14.1 Å². The first-order valence-electron chi connectivity index (χ1n) is 7.80. The van der Waals surface area contributed by atoms with Gasteiger partial charge in [0.2, 0.25) is 0 Å². The lowest BCUT2D eigenvalue weighted by Crippen LogP contribution is -2.45. The van der Waals surface area contributed by atoms with E-state index in [4.69, 9.17) is 4.74 Å². The first-order chi connectivity index (χ1) is 9.88. The largest absolute Gasteiger partial charge is 0.466 e. The number of carbonyl (C=O) groups is 1. The van der Waals surface area contributed by atoms with E-state index in [1.165, 1.54) is 0 Å². The van der Waals surface area contributed by atoms with Crippen LogP contribution in [0.5, 0.6) is 0 Å². The van der Waals surface area contributed by atoms with Gasteiger partial charge in [-0.25, -0.2) is 0 Å². The Hall–Kier alpha value is -0.460. The van der Waals surface area contributed by atoms with Crippen LogP contribution in [0.25, 0.3) is 0 Å². The van der Waals surface area contributed by atoms with Crippen LogP contribution >= 0.6 is 0 Å². The van der Waals surface area contributed by atoms with Crippen LogP contribution < -0.4 is 5.32 Å². The molecule has 5 nitrogen and oxygen atoms in total. The molecule has 2 N–H and O–H groups in total. The summed E-state index contributed by atoms with van der Waals surface area (Å²) in [7, 11) is -0.795. The number of rotatable bonds is 8. The normalized spacial score (nSPS) is 28.9. The smallest absolute Gasteiger partial charge is 0.308 e. The summed E-state index contributed by atoms with van der Waals surface area (Å²) in [5.41, 5.74) is -0.725. The summed E-state index contributed by atoms with van der Waals surface area (Å²) in [6.45, 7) is 5.48. The zero-order chi connectivity index (χ0) is 15.9. The molecule has 1 aliphatic carbocycles. The molecule has 0 radical (unpaired) electrons. The Labute approximate surface area is 130 Å². The van der Waals surface area contributed by atoms with Crippen molar-refractivity contribution in [3.8, 4) is 0 Å². The molecule has 0 spiro atoms. The fraction of sp³-hybridized carbons (Fsp3) is 0.933. The van der Waals surface area contributed by atoms with Gasteiger partial charge in [-0.1, -0.05) is 6.92 Å². The molecule has 0 aromatic heterocycles. The Balaban J connectivity index is 2.25. The van der Waals surface area contributed by atoms with Crippen molar-refractivity contribution in [2.75, 3.05) is 26.0 Å². The number of carbonyl (C=O) groups excluding carboxylic acids is 1. The van der Waals surface area contributed by atoms with E-state index in [0.717, 1.165) is 13.0 Å². The van der Waals surface area contributed by atoms with E-state index in [1.807, 2.05) is 13.8 Å². The summed E-state index contributed by atoms with van der Waals surface area (Å²) in [5.74, 6) is -0.195. The molecule has 0 aliphatic heterocycles. The van der Waals surface area contributed by atoms with Crippen LogP contribution in [0.3, 0.4) is 0 Å². The quantitative estimate of drug-likeness (QED) is 0.520. The lowest BCUT2D eigenvalue weighted by Gasteiger charge is -2.35. The van der Waals surface area contributed by atoms with Crippen LogP contribution in [0.15, 0.2) is 0 Å². The first kappa shape index (κ1) is 18.6. The van der Waals surface area contributed by atoms with Gasteiger partial charge in [0.15, 0.2) is 0 Å². The molecule has 0 heterocycles. The Bertz CT molecular complexity index is 354. The molecule has 124 valence electrons. The summed E-state index contributed by atoms with van der Waals surface area (Å²) in [5, 5.41) is 13.9. The predicted molar refractivity (Wildman–Crippen MR) is 84.6 cm³/mol. The maximum absolute atomic E-state index is 11.7. The van der Waals surface area contributed by atoms with Gasteiger partial charge in [0.05, 0.1) is 18.1 Å².